The number of halogens is 4. The van der Waals surface area contributed by atoms with Gasteiger partial charge >= 0.3 is 6.18 Å². The fourth-order valence-corrected chi connectivity index (χ4v) is 2.20. The fourth-order valence-electron chi connectivity index (χ4n) is 2.20. The van der Waals surface area contributed by atoms with E-state index in [0.29, 0.717) is 5.56 Å². The van der Waals surface area contributed by atoms with Gasteiger partial charge in [-0.15, -0.1) is 12.4 Å². The van der Waals surface area contributed by atoms with Gasteiger partial charge in [0.15, 0.2) is 18.1 Å². The maximum atomic E-state index is 12.5. The third-order valence-corrected chi connectivity index (χ3v) is 3.66. The number of alkyl halides is 3. The highest BCUT2D eigenvalue weighted by Crippen LogP contribution is 2.32. The SMILES string of the molecule is COc1ccc(NC(=O)C(C)(N)c2ccccc2)cc1OCC(F)(F)F.Cl. The first-order valence-corrected chi connectivity index (χ1v) is 7.67. The molecule has 0 bridgehead atoms. The fraction of sp³-hybridized carbons (Fsp3) is 0.278. The maximum absolute atomic E-state index is 12.5. The van der Waals surface area contributed by atoms with Crippen LogP contribution >= 0.6 is 12.4 Å². The van der Waals surface area contributed by atoms with Gasteiger partial charge in [-0.1, -0.05) is 30.3 Å². The minimum Gasteiger partial charge on any atom is -0.493 e. The van der Waals surface area contributed by atoms with Crippen molar-refractivity contribution in [1.82, 2.24) is 0 Å². The van der Waals surface area contributed by atoms with Crippen LogP contribution in [-0.4, -0.2) is 25.8 Å². The van der Waals surface area contributed by atoms with Crippen molar-refractivity contribution in [3.8, 4) is 11.5 Å². The molecule has 0 fully saturated rings. The quantitative estimate of drug-likeness (QED) is 0.766. The first-order valence-electron chi connectivity index (χ1n) is 7.67. The van der Waals surface area contributed by atoms with Crippen LogP contribution in [0.2, 0.25) is 0 Å². The summed E-state index contributed by atoms with van der Waals surface area (Å²) in [5, 5.41) is 2.59. The van der Waals surface area contributed by atoms with Gasteiger partial charge < -0.3 is 20.5 Å². The number of carbonyl (C=O) groups excluding carboxylic acids is 1. The van der Waals surface area contributed by atoms with E-state index in [1.807, 2.05) is 0 Å². The van der Waals surface area contributed by atoms with Crippen molar-refractivity contribution in [2.45, 2.75) is 18.6 Å². The monoisotopic (exact) mass is 404 g/mol. The molecular formula is C18H20ClF3N2O3. The van der Waals surface area contributed by atoms with E-state index in [-0.39, 0.29) is 29.6 Å². The highest BCUT2D eigenvalue weighted by molar-refractivity contribution is 5.98. The second-order valence-corrected chi connectivity index (χ2v) is 5.79. The lowest BCUT2D eigenvalue weighted by atomic mass is 9.92. The van der Waals surface area contributed by atoms with Crippen LogP contribution in [0.1, 0.15) is 12.5 Å². The molecule has 3 N–H and O–H groups in total. The minimum atomic E-state index is -4.49. The summed E-state index contributed by atoms with van der Waals surface area (Å²) in [5.74, 6) is -0.539. The Balaban J connectivity index is 0.00000364. The van der Waals surface area contributed by atoms with Crippen LogP contribution < -0.4 is 20.5 Å². The van der Waals surface area contributed by atoms with Crippen molar-refractivity contribution in [1.29, 1.82) is 0 Å². The van der Waals surface area contributed by atoms with Crippen molar-refractivity contribution in [3.05, 3.63) is 54.1 Å². The van der Waals surface area contributed by atoms with Crippen LogP contribution in [0.5, 0.6) is 11.5 Å². The average molecular weight is 405 g/mol. The average Bonchev–Trinajstić information content (AvgIpc) is 2.60. The van der Waals surface area contributed by atoms with Gasteiger partial charge in [0.25, 0.3) is 0 Å². The summed E-state index contributed by atoms with van der Waals surface area (Å²) in [4.78, 5) is 12.5. The number of rotatable bonds is 6. The van der Waals surface area contributed by atoms with Gasteiger partial charge in [0.05, 0.1) is 7.11 Å². The van der Waals surface area contributed by atoms with Crippen molar-refractivity contribution in [3.63, 3.8) is 0 Å². The van der Waals surface area contributed by atoms with E-state index in [4.69, 9.17) is 15.2 Å². The molecule has 0 saturated carbocycles. The molecule has 0 aromatic heterocycles. The molecule has 1 unspecified atom stereocenters. The largest absolute Gasteiger partial charge is 0.493 e. The molecule has 0 aliphatic heterocycles. The second-order valence-electron chi connectivity index (χ2n) is 5.79. The number of anilines is 1. The number of hydrogen-bond donors (Lipinski definition) is 2. The number of carbonyl (C=O) groups is 1. The summed E-state index contributed by atoms with van der Waals surface area (Å²) in [6, 6.07) is 12.9. The zero-order valence-corrected chi connectivity index (χ0v) is 15.5. The Bertz CT molecular complexity index is 768. The van der Waals surface area contributed by atoms with Gasteiger partial charge in [-0.2, -0.15) is 13.2 Å². The Labute approximate surface area is 161 Å². The Hall–Kier alpha value is -2.45. The molecule has 5 nitrogen and oxygen atoms in total. The van der Waals surface area contributed by atoms with Gasteiger partial charge in [0, 0.05) is 11.8 Å². The summed E-state index contributed by atoms with van der Waals surface area (Å²) in [5.41, 5.74) is 5.63. The maximum Gasteiger partial charge on any atom is 0.422 e. The summed E-state index contributed by atoms with van der Waals surface area (Å²) in [6.45, 7) is 0.0711. The number of ether oxygens (including phenoxy) is 2. The Kier molecular flexibility index (Phi) is 7.50. The lowest BCUT2D eigenvalue weighted by Crippen LogP contribution is -2.45. The lowest BCUT2D eigenvalue weighted by Gasteiger charge is -2.24. The number of nitrogens with one attached hydrogen (secondary N) is 1. The van der Waals surface area contributed by atoms with Gasteiger partial charge in [-0.3, -0.25) is 4.79 Å². The van der Waals surface area contributed by atoms with Gasteiger partial charge in [0.1, 0.15) is 5.54 Å². The molecule has 148 valence electrons. The van der Waals surface area contributed by atoms with E-state index in [0.717, 1.165) is 0 Å². The normalized spacial score (nSPS) is 13.1. The van der Waals surface area contributed by atoms with Crippen LogP contribution in [0.15, 0.2) is 48.5 Å². The second kappa shape index (κ2) is 8.96. The first-order chi connectivity index (χ1) is 12.1. The zero-order valence-electron chi connectivity index (χ0n) is 14.7. The lowest BCUT2D eigenvalue weighted by molar-refractivity contribution is -0.153. The standard InChI is InChI=1S/C18H19F3N2O3.ClH/c1-17(22,12-6-4-3-5-7-12)16(24)23-13-8-9-14(25-2)15(10-13)26-11-18(19,20)21;/h3-10H,11,22H2,1-2H3,(H,23,24);1H. The van der Waals surface area contributed by atoms with Crippen molar-refractivity contribution in [2.24, 2.45) is 5.73 Å². The zero-order chi connectivity index (χ0) is 19.4. The Morgan fingerprint density at radius 1 is 1.11 bits per heavy atom. The summed E-state index contributed by atoms with van der Waals surface area (Å²) in [7, 11) is 1.31. The molecule has 1 amide bonds. The first kappa shape index (κ1) is 22.6. The van der Waals surface area contributed by atoms with E-state index in [2.05, 4.69) is 5.32 Å². The summed E-state index contributed by atoms with van der Waals surface area (Å²) >= 11 is 0. The number of methoxy groups -OCH3 is 1. The predicted molar refractivity (Wildman–Crippen MR) is 98.4 cm³/mol. The number of hydrogen-bond acceptors (Lipinski definition) is 4. The number of nitrogens with two attached hydrogens (primary N) is 1. The van der Waals surface area contributed by atoms with Crippen LogP contribution in [-0.2, 0) is 10.3 Å². The van der Waals surface area contributed by atoms with Crippen molar-refractivity contribution >= 4 is 24.0 Å². The van der Waals surface area contributed by atoms with Crippen molar-refractivity contribution in [2.75, 3.05) is 19.0 Å². The highest BCUT2D eigenvalue weighted by atomic mass is 35.5. The molecule has 0 aliphatic carbocycles. The third-order valence-electron chi connectivity index (χ3n) is 3.66. The molecule has 0 saturated heterocycles. The molecular weight excluding hydrogens is 385 g/mol. The van der Waals surface area contributed by atoms with E-state index < -0.39 is 24.2 Å². The van der Waals surface area contributed by atoms with Gasteiger partial charge in [0.2, 0.25) is 5.91 Å². The molecule has 9 heteroatoms. The predicted octanol–water partition coefficient (Wildman–Crippen LogP) is 3.87. The minimum absolute atomic E-state index is 0. The van der Waals surface area contributed by atoms with Crippen LogP contribution in [0.4, 0.5) is 18.9 Å². The molecule has 2 aromatic rings. The molecule has 0 heterocycles. The van der Waals surface area contributed by atoms with E-state index in [9.17, 15) is 18.0 Å². The molecule has 1 atom stereocenters. The van der Waals surface area contributed by atoms with Crippen LogP contribution in [0.25, 0.3) is 0 Å². The molecule has 27 heavy (non-hydrogen) atoms. The Morgan fingerprint density at radius 2 is 1.74 bits per heavy atom. The van der Waals surface area contributed by atoms with Gasteiger partial charge in [-0.05, 0) is 24.6 Å². The molecule has 0 radical (unpaired) electrons. The van der Waals surface area contributed by atoms with Crippen LogP contribution in [0, 0.1) is 0 Å². The van der Waals surface area contributed by atoms with E-state index in [1.165, 1.54) is 25.3 Å². The van der Waals surface area contributed by atoms with Crippen LogP contribution in [0.3, 0.4) is 0 Å². The summed E-state index contributed by atoms with van der Waals surface area (Å²) in [6.07, 6.45) is -4.49. The Morgan fingerprint density at radius 3 is 2.30 bits per heavy atom. The van der Waals surface area contributed by atoms with Crippen molar-refractivity contribution < 1.29 is 27.4 Å². The number of benzene rings is 2. The van der Waals surface area contributed by atoms with E-state index >= 15 is 0 Å². The summed E-state index contributed by atoms with van der Waals surface area (Å²) < 4.78 is 46.9. The van der Waals surface area contributed by atoms with E-state index in [1.54, 1.807) is 37.3 Å². The topological polar surface area (TPSA) is 73.6 Å². The highest BCUT2D eigenvalue weighted by Gasteiger charge is 2.31. The molecule has 0 aliphatic rings. The number of amides is 1. The molecule has 2 aromatic carbocycles. The molecule has 2 rings (SSSR count). The molecule has 0 spiro atoms. The van der Waals surface area contributed by atoms with Gasteiger partial charge in [-0.25, -0.2) is 0 Å². The third kappa shape index (κ3) is 6.04. The smallest absolute Gasteiger partial charge is 0.422 e.